The van der Waals surface area contributed by atoms with Gasteiger partial charge in [-0.25, -0.2) is 21.6 Å². The first kappa shape index (κ1) is 40.7. The van der Waals surface area contributed by atoms with Crippen molar-refractivity contribution < 1.29 is 31.2 Å². The molecule has 54 heavy (non-hydrogen) atoms. The second-order valence-electron chi connectivity index (χ2n) is 13.8. The molecule has 2 aliphatic carbocycles. The van der Waals surface area contributed by atoms with Gasteiger partial charge in [0.1, 0.15) is 0 Å². The number of ketones is 1. The minimum atomic E-state index is -3.46. The lowest BCUT2D eigenvalue weighted by Crippen LogP contribution is -2.39. The van der Waals surface area contributed by atoms with Crippen molar-refractivity contribution in [2.24, 2.45) is 5.73 Å². The fourth-order valence-corrected chi connectivity index (χ4v) is 11.1. The summed E-state index contributed by atoms with van der Waals surface area (Å²) in [4.78, 5) is 23.3. The molecule has 0 saturated heterocycles. The molecule has 0 spiro atoms. The van der Waals surface area contributed by atoms with Gasteiger partial charge < -0.3 is 10.5 Å². The van der Waals surface area contributed by atoms with Gasteiger partial charge in [-0.3, -0.25) is 13.4 Å². The number of benzene rings is 4. The van der Waals surface area contributed by atoms with E-state index < -0.39 is 26.0 Å². The van der Waals surface area contributed by atoms with Crippen molar-refractivity contribution in [2.45, 2.75) is 87.8 Å². The first-order valence-corrected chi connectivity index (χ1v) is 21.7. The van der Waals surface area contributed by atoms with Gasteiger partial charge >= 0.3 is 5.97 Å². The van der Waals surface area contributed by atoms with E-state index in [1.807, 2.05) is 60.7 Å². The molecule has 6 rings (SSSR count). The maximum atomic E-state index is 13.4. The fraction of sp³-hybridized carbons (Fsp3) is 0.381. The van der Waals surface area contributed by atoms with E-state index in [4.69, 9.17) is 10.5 Å². The Labute approximate surface area is 320 Å². The summed E-state index contributed by atoms with van der Waals surface area (Å²) in [7, 11) is -5.59. The molecule has 0 aliphatic heterocycles. The lowest BCUT2D eigenvalue weighted by molar-refractivity contribution is 0.0600. The largest absolute Gasteiger partial charge is 0.465 e. The standard InChI is InChI=1S/C21H26N2O3S.C21H25NO4S/c22-15-21(24)18-13-11-17(12-14-18)16-23(19-7-3-1-4-8-19)27(25,26)20-9-5-2-6-10-20;1-26-21(23)18-14-12-17(13-15-18)16-22(19-8-4-2-5-9-19)27(24,25)20-10-6-3-7-11-20/h1,3-4,7-8,11-14,20H,2,5-6,9-10,15-16,22H2;2,4-5,8-9,12-15,20H,3,6-7,10-11,16H2,1H3. The lowest BCUT2D eigenvalue weighted by Gasteiger charge is -2.31. The summed E-state index contributed by atoms with van der Waals surface area (Å²) in [5.74, 6) is -0.535. The summed E-state index contributed by atoms with van der Waals surface area (Å²) in [6.07, 6.45) is 8.91. The van der Waals surface area contributed by atoms with Gasteiger partial charge in [-0.2, -0.15) is 0 Å². The molecule has 2 fully saturated rings. The molecule has 2 aliphatic rings. The average molecular weight is 774 g/mol. The molecular weight excluding hydrogens is 723 g/mol. The van der Waals surface area contributed by atoms with E-state index in [0.717, 1.165) is 62.5 Å². The van der Waals surface area contributed by atoms with Crippen LogP contribution in [-0.2, 0) is 37.9 Å². The number of sulfonamides is 2. The second-order valence-corrected chi connectivity index (χ2v) is 18.1. The van der Waals surface area contributed by atoms with Crippen LogP contribution in [0.3, 0.4) is 0 Å². The summed E-state index contributed by atoms with van der Waals surface area (Å²) in [6, 6.07) is 32.3. The van der Waals surface area contributed by atoms with Crippen molar-refractivity contribution in [3.05, 3.63) is 131 Å². The van der Waals surface area contributed by atoms with Gasteiger partial charge in [0.05, 0.1) is 54.2 Å². The van der Waals surface area contributed by atoms with E-state index >= 15 is 0 Å². The second kappa shape index (κ2) is 19.2. The predicted molar refractivity (Wildman–Crippen MR) is 214 cm³/mol. The molecule has 0 bridgehead atoms. The Bertz CT molecular complexity index is 1860. The smallest absolute Gasteiger partial charge is 0.337 e. The number of nitrogens with zero attached hydrogens (tertiary/aromatic N) is 2. The fourth-order valence-electron chi connectivity index (χ4n) is 7.04. The molecule has 10 nitrogen and oxygen atoms in total. The highest BCUT2D eigenvalue weighted by Crippen LogP contribution is 2.32. The van der Waals surface area contributed by atoms with Crippen molar-refractivity contribution in [3.63, 3.8) is 0 Å². The number of hydrogen-bond acceptors (Lipinski definition) is 8. The van der Waals surface area contributed by atoms with Gasteiger partial charge in [0.25, 0.3) is 0 Å². The lowest BCUT2D eigenvalue weighted by atomic mass is 10.0. The molecule has 0 radical (unpaired) electrons. The Morgan fingerprint density at radius 1 is 0.574 bits per heavy atom. The highest BCUT2D eigenvalue weighted by Gasteiger charge is 2.34. The molecule has 0 unspecified atom stereocenters. The molecular formula is C42H51N3O7S2. The third-order valence-corrected chi connectivity index (χ3v) is 14.7. The van der Waals surface area contributed by atoms with Gasteiger partial charge in [-0.15, -0.1) is 0 Å². The average Bonchev–Trinajstić information content (AvgIpc) is 3.23. The van der Waals surface area contributed by atoms with Crippen LogP contribution in [0, 0.1) is 0 Å². The molecule has 4 aromatic carbocycles. The zero-order valence-electron chi connectivity index (χ0n) is 30.9. The summed E-state index contributed by atoms with van der Waals surface area (Å²) in [5.41, 5.74) is 9.40. The molecule has 0 heterocycles. The van der Waals surface area contributed by atoms with Gasteiger partial charge in [0.15, 0.2) is 5.78 Å². The van der Waals surface area contributed by atoms with Crippen LogP contribution in [0.25, 0.3) is 0 Å². The number of Topliss-reactive ketones (excluding diaryl/α,β-unsaturated/α-hetero) is 1. The number of ether oxygens (including phenoxy) is 1. The van der Waals surface area contributed by atoms with Gasteiger partial charge in [0.2, 0.25) is 20.0 Å². The van der Waals surface area contributed by atoms with Crippen molar-refractivity contribution in [3.8, 4) is 0 Å². The number of nitrogens with two attached hydrogens (primary N) is 1. The number of para-hydroxylation sites is 2. The molecule has 0 amide bonds. The van der Waals surface area contributed by atoms with Crippen LogP contribution in [0.5, 0.6) is 0 Å². The number of esters is 1. The van der Waals surface area contributed by atoms with E-state index in [2.05, 4.69) is 0 Å². The van der Waals surface area contributed by atoms with Crippen LogP contribution in [0.2, 0.25) is 0 Å². The first-order valence-electron chi connectivity index (χ1n) is 18.7. The SMILES string of the molecule is COC(=O)c1ccc(CN(c2ccccc2)S(=O)(=O)C2CCCCC2)cc1.NCC(=O)c1ccc(CN(c2ccccc2)S(=O)(=O)C2CCCCC2)cc1. The van der Waals surface area contributed by atoms with Crippen LogP contribution in [0.15, 0.2) is 109 Å². The Balaban J connectivity index is 0.000000208. The van der Waals surface area contributed by atoms with E-state index in [0.29, 0.717) is 35.3 Å². The number of anilines is 2. The number of hydrogen-bond donors (Lipinski definition) is 1. The summed E-state index contributed by atoms with van der Waals surface area (Å²) < 4.78 is 61.2. The molecule has 0 aromatic heterocycles. The molecule has 288 valence electrons. The minimum Gasteiger partial charge on any atom is -0.465 e. The summed E-state index contributed by atoms with van der Waals surface area (Å²) in [5, 5.41) is -0.662. The maximum Gasteiger partial charge on any atom is 0.337 e. The summed E-state index contributed by atoms with van der Waals surface area (Å²) in [6.45, 7) is 0.454. The van der Waals surface area contributed by atoms with Gasteiger partial charge in [0, 0.05) is 5.56 Å². The number of carbonyl (C=O) groups excluding carboxylic acids is 2. The molecule has 12 heteroatoms. The quantitative estimate of drug-likeness (QED) is 0.108. The van der Waals surface area contributed by atoms with Crippen LogP contribution in [0.1, 0.15) is 96.1 Å². The molecule has 0 atom stereocenters. The highest BCUT2D eigenvalue weighted by molar-refractivity contribution is 7.93. The van der Waals surface area contributed by atoms with E-state index in [1.165, 1.54) is 15.7 Å². The van der Waals surface area contributed by atoms with Crippen LogP contribution in [0.4, 0.5) is 11.4 Å². The van der Waals surface area contributed by atoms with Gasteiger partial charge in [-0.05, 0) is 73.2 Å². The predicted octanol–water partition coefficient (Wildman–Crippen LogP) is 7.64. The van der Waals surface area contributed by atoms with Gasteiger partial charge in [-0.1, -0.05) is 111 Å². The van der Waals surface area contributed by atoms with E-state index in [-0.39, 0.29) is 35.9 Å². The Morgan fingerprint density at radius 3 is 1.30 bits per heavy atom. The number of methoxy groups -OCH3 is 1. The Kier molecular flexibility index (Phi) is 14.4. The third kappa shape index (κ3) is 10.4. The van der Waals surface area contributed by atoms with E-state index in [1.54, 1.807) is 48.5 Å². The topological polar surface area (TPSA) is 144 Å². The zero-order valence-corrected chi connectivity index (χ0v) is 32.5. The van der Waals surface area contributed by atoms with Crippen LogP contribution < -0.4 is 14.3 Å². The maximum absolute atomic E-state index is 13.4. The van der Waals surface area contributed by atoms with Crippen molar-refractivity contribution in [1.29, 1.82) is 0 Å². The zero-order chi connectivity index (χ0) is 38.6. The Morgan fingerprint density at radius 2 is 0.944 bits per heavy atom. The van der Waals surface area contributed by atoms with Crippen molar-refractivity contribution in [1.82, 2.24) is 0 Å². The van der Waals surface area contributed by atoms with Crippen LogP contribution >= 0.6 is 0 Å². The number of rotatable bonds is 13. The minimum absolute atomic E-state index is 0.0362. The number of carbonyl (C=O) groups is 2. The molecule has 4 aromatic rings. The van der Waals surface area contributed by atoms with Crippen LogP contribution in [-0.4, -0.2) is 52.7 Å². The molecule has 2 N–H and O–H groups in total. The highest BCUT2D eigenvalue weighted by atomic mass is 32.2. The third-order valence-electron chi connectivity index (χ3n) is 10.1. The van der Waals surface area contributed by atoms with E-state index in [9.17, 15) is 26.4 Å². The summed E-state index contributed by atoms with van der Waals surface area (Å²) >= 11 is 0. The van der Waals surface area contributed by atoms with Crippen molar-refractivity contribution >= 4 is 43.2 Å². The normalized spacial score (nSPS) is 15.4. The van der Waals surface area contributed by atoms with Crippen molar-refractivity contribution in [2.75, 3.05) is 22.3 Å². The Hall–Kier alpha value is -4.52. The molecule has 2 saturated carbocycles. The monoisotopic (exact) mass is 773 g/mol. The first-order chi connectivity index (χ1) is 26.0.